The zero-order valence-electron chi connectivity index (χ0n) is 17.0. The van der Waals surface area contributed by atoms with Gasteiger partial charge in [0.1, 0.15) is 6.61 Å². The van der Waals surface area contributed by atoms with Crippen molar-refractivity contribution in [3.63, 3.8) is 0 Å². The molecular weight excluding hydrogens is 383 g/mol. The molecule has 29 heavy (non-hydrogen) atoms. The lowest BCUT2D eigenvalue weighted by molar-refractivity contribution is -0.185. The van der Waals surface area contributed by atoms with E-state index in [4.69, 9.17) is 11.2 Å². The van der Waals surface area contributed by atoms with Gasteiger partial charge in [0, 0.05) is 31.1 Å². The van der Waals surface area contributed by atoms with Gasteiger partial charge in [-0.3, -0.25) is 4.79 Å². The van der Waals surface area contributed by atoms with Crippen molar-refractivity contribution in [3.05, 3.63) is 0 Å². The molecule has 1 heterocycles. The number of rotatable bonds is 6. The van der Waals surface area contributed by atoms with Crippen molar-refractivity contribution in [2.24, 2.45) is 11.8 Å². The Morgan fingerprint density at radius 2 is 1.97 bits per heavy atom. The van der Waals surface area contributed by atoms with Crippen LogP contribution in [0.25, 0.3) is 0 Å². The molecule has 0 radical (unpaired) electrons. The van der Waals surface area contributed by atoms with Gasteiger partial charge >= 0.3 is 6.18 Å². The number of fused-ring (bicyclic) bond motifs is 1. The Balaban J connectivity index is 1.64. The summed E-state index contributed by atoms with van der Waals surface area (Å²) < 4.78 is 44.9. The third-order valence-electron chi connectivity index (χ3n) is 6.80. The fourth-order valence-electron chi connectivity index (χ4n) is 5.23. The second-order valence-corrected chi connectivity index (χ2v) is 8.53. The molecule has 5 nitrogen and oxygen atoms in total. The second-order valence-electron chi connectivity index (χ2n) is 8.53. The van der Waals surface area contributed by atoms with Crippen LogP contribution in [-0.4, -0.2) is 54.5 Å². The van der Waals surface area contributed by atoms with E-state index in [0.29, 0.717) is 25.8 Å². The van der Waals surface area contributed by atoms with E-state index in [1.807, 2.05) is 6.92 Å². The number of carbonyl (C=O) groups excluding carboxylic acids is 1. The molecule has 3 fully saturated rings. The summed E-state index contributed by atoms with van der Waals surface area (Å²) in [6.45, 7) is 2.62. The van der Waals surface area contributed by atoms with E-state index in [1.54, 1.807) is 0 Å². The number of terminal acetylenes is 1. The summed E-state index contributed by atoms with van der Waals surface area (Å²) in [5.74, 6) is 1.62. The Labute approximate surface area is 171 Å². The molecule has 0 aromatic heterocycles. The van der Waals surface area contributed by atoms with Gasteiger partial charge in [-0.25, -0.2) is 10.4 Å². The van der Waals surface area contributed by atoms with Crippen LogP contribution in [0.2, 0.25) is 0 Å². The Morgan fingerprint density at radius 1 is 1.24 bits per heavy atom. The maximum absolute atomic E-state index is 13.0. The molecule has 0 aromatic carbocycles. The number of ether oxygens (including phenoxy) is 1. The van der Waals surface area contributed by atoms with Crippen molar-refractivity contribution in [1.82, 2.24) is 15.8 Å². The minimum absolute atomic E-state index is 0.00317. The Kier molecular flexibility index (Phi) is 7.47. The van der Waals surface area contributed by atoms with Crippen LogP contribution in [0.4, 0.5) is 13.2 Å². The lowest BCUT2D eigenvalue weighted by Crippen LogP contribution is -2.50. The molecule has 3 rings (SSSR count). The highest BCUT2D eigenvalue weighted by Gasteiger charge is 2.49. The van der Waals surface area contributed by atoms with E-state index in [-0.39, 0.29) is 55.5 Å². The summed E-state index contributed by atoms with van der Waals surface area (Å²) in [6, 6.07) is 0.431. The number of hydrazine groups is 1. The monoisotopic (exact) mass is 415 g/mol. The van der Waals surface area contributed by atoms with Gasteiger partial charge in [-0.1, -0.05) is 12.8 Å². The molecule has 4 atom stereocenters. The average molecular weight is 416 g/mol. The van der Waals surface area contributed by atoms with Gasteiger partial charge in [0.25, 0.3) is 0 Å². The Bertz CT molecular complexity index is 599. The second kappa shape index (κ2) is 9.67. The van der Waals surface area contributed by atoms with Crippen LogP contribution >= 0.6 is 0 Å². The number of hydrogen-bond acceptors (Lipinski definition) is 4. The van der Waals surface area contributed by atoms with Crippen molar-refractivity contribution in [2.45, 2.75) is 88.7 Å². The Hall–Kier alpha value is -1.30. The third kappa shape index (κ3) is 5.44. The number of alkyl halides is 3. The molecule has 2 aliphatic carbocycles. The van der Waals surface area contributed by atoms with E-state index in [9.17, 15) is 18.0 Å². The normalized spacial score (nSPS) is 35.7. The molecule has 1 saturated heterocycles. The van der Waals surface area contributed by atoms with Crippen LogP contribution in [0.3, 0.4) is 0 Å². The quantitative estimate of drug-likeness (QED) is 0.655. The summed E-state index contributed by atoms with van der Waals surface area (Å²) in [5, 5.41) is 5.19. The first-order valence-electron chi connectivity index (χ1n) is 10.8. The van der Waals surface area contributed by atoms with Crippen molar-refractivity contribution in [1.29, 1.82) is 0 Å². The molecule has 3 aliphatic rings. The number of halogens is 3. The highest BCUT2D eigenvalue weighted by molar-refractivity contribution is 5.75. The van der Waals surface area contributed by atoms with Crippen LogP contribution < -0.4 is 10.7 Å². The Morgan fingerprint density at radius 3 is 2.59 bits per heavy atom. The topological polar surface area (TPSA) is 53.6 Å². The van der Waals surface area contributed by atoms with Gasteiger partial charge < -0.3 is 10.1 Å². The van der Waals surface area contributed by atoms with Gasteiger partial charge in [-0.15, -0.1) is 6.42 Å². The molecule has 0 aromatic rings. The smallest absolute Gasteiger partial charge is 0.366 e. The first-order valence-corrected chi connectivity index (χ1v) is 10.8. The van der Waals surface area contributed by atoms with Crippen molar-refractivity contribution in [3.8, 4) is 12.3 Å². The summed E-state index contributed by atoms with van der Waals surface area (Å²) in [5.41, 5.74) is 3.55. The van der Waals surface area contributed by atoms with Gasteiger partial charge in [0.15, 0.2) is 0 Å². The van der Waals surface area contributed by atoms with E-state index in [2.05, 4.69) is 21.7 Å². The van der Waals surface area contributed by atoms with Crippen molar-refractivity contribution in [2.75, 3.05) is 13.2 Å². The fourth-order valence-corrected chi connectivity index (χ4v) is 5.23. The maximum Gasteiger partial charge on any atom is 0.391 e. The van der Waals surface area contributed by atoms with E-state index in [0.717, 1.165) is 19.3 Å². The summed E-state index contributed by atoms with van der Waals surface area (Å²) in [4.78, 5) is 11.7. The molecule has 8 heteroatoms. The van der Waals surface area contributed by atoms with E-state index in [1.165, 1.54) is 0 Å². The molecule has 2 saturated carbocycles. The van der Waals surface area contributed by atoms with Crippen molar-refractivity contribution >= 4 is 5.91 Å². The number of nitrogens with one attached hydrogen (secondary N) is 2. The number of nitrogens with zero attached hydrogens (tertiary/aromatic N) is 1. The molecule has 0 bridgehead atoms. The predicted molar refractivity (Wildman–Crippen MR) is 104 cm³/mol. The number of amides is 1. The van der Waals surface area contributed by atoms with Crippen LogP contribution in [0, 0.1) is 24.2 Å². The maximum atomic E-state index is 13.0. The standard InChI is InChI=1S/C21H32F3N3O2/c1-3-11-29-16-9-10-19-17(12-16)18(13-25-20(28)4-2)26-27(19)15-7-5-14(6-8-15)21(22,23)24/h1,14-19,26H,4-13H2,2H3,(H,25,28). The highest BCUT2D eigenvalue weighted by atomic mass is 19.4. The van der Waals surface area contributed by atoms with Gasteiger partial charge in [-0.05, 0) is 50.9 Å². The SMILES string of the molecule is C#CCOC1CCC2C(C1)C(CNC(=O)CC)NN2C1CCC(C(F)(F)F)CC1. The largest absolute Gasteiger partial charge is 0.391 e. The average Bonchev–Trinajstić information content (AvgIpc) is 3.07. The molecular formula is C21H32F3N3O2. The first-order chi connectivity index (χ1) is 13.8. The molecule has 1 amide bonds. The molecule has 1 aliphatic heterocycles. The molecule has 164 valence electrons. The molecule has 2 N–H and O–H groups in total. The summed E-state index contributed by atoms with van der Waals surface area (Å²) in [7, 11) is 0. The lowest BCUT2D eigenvalue weighted by atomic mass is 9.78. The molecule has 0 spiro atoms. The number of hydrogen-bond donors (Lipinski definition) is 2. The zero-order valence-corrected chi connectivity index (χ0v) is 17.0. The number of carbonyl (C=O) groups is 1. The van der Waals surface area contributed by atoms with E-state index < -0.39 is 12.1 Å². The first kappa shape index (κ1) is 22.4. The van der Waals surface area contributed by atoms with Crippen LogP contribution in [0.1, 0.15) is 58.3 Å². The summed E-state index contributed by atoms with van der Waals surface area (Å²) >= 11 is 0. The molecule has 4 unspecified atom stereocenters. The minimum atomic E-state index is -4.09. The fraction of sp³-hybridized carbons (Fsp3) is 0.857. The van der Waals surface area contributed by atoms with Crippen LogP contribution in [0.15, 0.2) is 0 Å². The lowest BCUT2D eigenvalue weighted by Gasteiger charge is -2.41. The van der Waals surface area contributed by atoms with Gasteiger partial charge in [-0.2, -0.15) is 13.2 Å². The highest BCUT2D eigenvalue weighted by Crippen LogP contribution is 2.43. The minimum Gasteiger partial charge on any atom is -0.366 e. The van der Waals surface area contributed by atoms with Crippen molar-refractivity contribution < 1.29 is 22.7 Å². The van der Waals surface area contributed by atoms with Crippen LogP contribution in [-0.2, 0) is 9.53 Å². The van der Waals surface area contributed by atoms with Crippen LogP contribution in [0.5, 0.6) is 0 Å². The van der Waals surface area contributed by atoms with Gasteiger partial charge in [0.2, 0.25) is 5.91 Å². The predicted octanol–water partition coefficient (Wildman–Crippen LogP) is 3.01. The van der Waals surface area contributed by atoms with E-state index >= 15 is 0 Å². The summed E-state index contributed by atoms with van der Waals surface area (Å²) in [6.07, 6.45) is 5.89. The zero-order chi connectivity index (χ0) is 21.0. The third-order valence-corrected chi connectivity index (χ3v) is 6.80. The van der Waals surface area contributed by atoms with Gasteiger partial charge in [0.05, 0.1) is 12.0 Å².